The fourth-order valence-corrected chi connectivity index (χ4v) is 11.4. The first-order valence-electron chi connectivity index (χ1n) is 24.0. The molecule has 9 atom stereocenters. The summed E-state index contributed by atoms with van der Waals surface area (Å²) in [6.07, 6.45) is 15.9. The topological polar surface area (TPSA) is 152 Å². The van der Waals surface area contributed by atoms with Gasteiger partial charge in [0.25, 0.3) is 0 Å². The van der Waals surface area contributed by atoms with Crippen molar-refractivity contribution >= 4 is 0 Å². The molecular formula is C46H84F3NO8. The summed E-state index contributed by atoms with van der Waals surface area (Å²) in [5.41, 5.74) is 0.628. The minimum atomic E-state index is -4.63. The summed E-state index contributed by atoms with van der Waals surface area (Å²) in [5, 5.41) is 65.1. The molecule has 0 aromatic carbocycles. The zero-order chi connectivity index (χ0) is 42.0. The number of halogens is 3. The van der Waals surface area contributed by atoms with Crippen molar-refractivity contribution in [3.05, 3.63) is 0 Å². The average molecular weight is 836 g/mol. The summed E-state index contributed by atoms with van der Waals surface area (Å²) in [4.78, 5) is 0. The number of unbranched alkanes of at least 4 members (excludes halogenated alkanes) is 18. The van der Waals surface area contributed by atoms with Crippen LogP contribution < -0.4 is 5.32 Å². The van der Waals surface area contributed by atoms with Gasteiger partial charge in [-0.3, -0.25) is 5.32 Å². The van der Waals surface area contributed by atoms with Gasteiger partial charge in [-0.05, 0) is 81.0 Å². The van der Waals surface area contributed by atoms with Gasteiger partial charge in [0.15, 0.2) is 6.29 Å². The molecule has 7 N–H and O–H groups in total. The third kappa shape index (κ3) is 16.6. The molecule has 1 aliphatic heterocycles. The molecule has 58 heavy (non-hydrogen) atoms. The predicted molar refractivity (Wildman–Crippen MR) is 221 cm³/mol. The third-order valence-corrected chi connectivity index (χ3v) is 14.4. The Labute approximate surface area is 348 Å². The molecule has 9 nitrogen and oxygen atoms in total. The molecule has 1 heterocycles. The van der Waals surface area contributed by atoms with Gasteiger partial charge >= 0.3 is 6.18 Å². The van der Waals surface area contributed by atoms with E-state index < -0.39 is 74.4 Å². The Kier molecular flexibility index (Phi) is 22.6. The van der Waals surface area contributed by atoms with E-state index in [0.717, 1.165) is 62.7 Å². The highest BCUT2D eigenvalue weighted by molar-refractivity contribution is 5.01. The molecule has 5 rings (SSSR count). The summed E-state index contributed by atoms with van der Waals surface area (Å²) in [5.74, 6) is 2.96. The molecule has 5 aliphatic rings. The Morgan fingerprint density at radius 2 is 1.12 bits per heavy atom. The molecule has 4 saturated carbocycles. The summed E-state index contributed by atoms with van der Waals surface area (Å²) in [7, 11) is 0. The van der Waals surface area contributed by atoms with Crippen LogP contribution in [0.3, 0.4) is 0 Å². The Morgan fingerprint density at radius 1 is 0.655 bits per heavy atom. The normalized spacial score (nSPS) is 31.8. The first-order valence-corrected chi connectivity index (χ1v) is 24.0. The van der Waals surface area contributed by atoms with Crippen molar-refractivity contribution in [1.82, 2.24) is 5.32 Å². The molecule has 0 radical (unpaired) electrons. The van der Waals surface area contributed by atoms with Crippen molar-refractivity contribution in [2.45, 2.75) is 254 Å². The van der Waals surface area contributed by atoms with Gasteiger partial charge in [0.2, 0.25) is 0 Å². The minimum Gasteiger partial charge on any atom is -0.394 e. The van der Waals surface area contributed by atoms with E-state index in [4.69, 9.17) is 9.47 Å². The maximum atomic E-state index is 14.4. The van der Waals surface area contributed by atoms with Crippen molar-refractivity contribution < 1.29 is 53.3 Å². The van der Waals surface area contributed by atoms with Gasteiger partial charge in [-0.2, -0.15) is 13.2 Å². The molecule has 5 unspecified atom stereocenters. The number of ether oxygens (including phenoxy) is 2. The van der Waals surface area contributed by atoms with Crippen LogP contribution in [0.5, 0.6) is 0 Å². The molecule has 4 aliphatic carbocycles. The molecule has 0 aromatic rings. The summed E-state index contributed by atoms with van der Waals surface area (Å²) in [6.45, 7) is 0.936. The van der Waals surface area contributed by atoms with Crippen LogP contribution in [0.4, 0.5) is 13.2 Å². The predicted octanol–water partition coefficient (Wildman–Crippen LogP) is 8.62. The van der Waals surface area contributed by atoms with Gasteiger partial charge in [-0.25, -0.2) is 0 Å². The number of aliphatic hydroxyl groups excluding tert-OH is 6. The lowest BCUT2D eigenvalue weighted by Gasteiger charge is -2.57. The van der Waals surface area contributed by atoms with Crippen LogP contribution in [0.2, 0.25) is 0 Å². The molecule has 0 amide bonds. The molecule has 4 bridgehead atoms. The van der Waals surface area contributed by atoms with Crippen molar-refractivity contribution in [3.63, 3.8) is 0 Å². The third-order valence-electron chi connectivity index (χ3n) is 14.4. The van der Waals surface area contributed by atoms with Crippen LogP contribution in [0.1, 0.15) is 193 Å². The Morgan fingerprint density at radius 3 is 1.60 bits per heavy atom. The summed E-state index contributed by atoms with van der Waals surface area (Å²) < 4.78 is 54.3. The molecule has 0 aromatic heterocycles. The van der Waals surface area contributed by atoms with Gasteiger partial charge in [-0.15, -0.1) is 0 Å². The van der Waals surface area contributed by atoms with Crippen molar-refractivity contribution in [3.8, 4) is 0 Å². The molecule has 0 spiro atoms. The van der Waals surface area contributed by atoms with Gasteiger partial charge in [0.1, 0.15) is 30.5 Å². The van der Waals surface area contributed by atoms with E-state index in [1.807, 2.05) is 0 Å². The fraction of sp³-hybridized carbons (Fsp3) is 1.00. The van der Waals surface area contributed by atoms with Gasteiger partial charge < -0.3 is 40.1 Å². The van der Waals surface area contributed by atoms with Crippen LogP contribution in [0, 0.1) is 23.2 Å². The molecule has 1 saturated heterocycles. The number of alkyl halides is 3. The van der Waals surface area contributed by atoms with E-state index in [0.29, 0.717) is 24.7 Å². The van der Waals surface area contributed by atoms with Gasteiger partial charge in [0.05, 0.1) is 31.5 Å². The van der Waals surface area contributed by atoms with E-state index in [2.05, 4.69) is 12.2 Å². The average Bonchev–Trinajstić information content (AvgIpc) is 3.18. The van der Waals surface area contributed by atoms with Crippen molar-refractivity contribution in [1.29, 1.82) is 0 Å². The lowest BCUT2D eigenvalue weighted by atomic mass is 9.48. The molecule has 5 fully saturated rings. The quantitative estimate of drug-likeness (QED) is 0.0331. The summed E-state index contributed by atoms with van der Waals surface area (Å²) in [6, 6.07) is -3.35. The number of rotatable bonds is 32. The van der Waals surface area contributed by atoms with Crippen LogP contribution in [-0.2, 0) is 9.47 Å². The smallest absolute Gasteiger partial charge is 0.394 e. The van der Waals surface area contributed by atoms with E-state index in [-0.39, 0.29) is 12.8 Å². The fourth-order valence-electron chi connectivity index (χ4n) is 11.4. The summed E-state index contributed by atoms with van der Waals surface area (Å²) >= 11 is 0. The largest absolute Gasteiger partial charge is 0.403 e. The molecule has 342 valence electrons. The van der Waals surface area contributed by atoms with E-state index in [1.54, 1.807) is 0 Å². The Bertz CT molecular complexity index is 1050. The first kappa shape index (κ1) is 50.1. The van der Waals surface area contributed by atoms with Crippen LogP contribution in [0.25, 0.3) is 0 Å². The maximum Gasteiger partial charge on any atom is 0.403 e. The first-order chi connectivity index (χ1) is 27.9. The highest BCUT2D eigenvalue weighted by atomic mass is 19.4. The monoisotopic (exact) mass is 836 g/mol. The van der Waals surface area contributed by atoms with Crippen LogP contribution >= 0.6 is 0 Å². The van der Waals surface area contributed by atoms with Crippen molar-refractivity contribution in [2.75, 3.05) is 13.2 Å². The standard InChI is InChI=1S/C46H84F3NO8/c1-2-3-4-5-6-7-8-9-10-13-16-19-22-37(52)40(53)36(32-57-44-43(56)42(55)41(54)38(31-51)58-44)50-39(46(47,48)49)23-20-17-14-11-12-15-18-21-24-45-28-33-25-34(29-45)27-35(26-33)30-45/h33-44,50-56H,2-32H2,1H3/t33?,34?,35?,36-,37+,38?,39-,40-,41?,42?,43?,44?,45?/m0/s1. The van der Waals surface area contributed by atoms with Gasteiger partial charge in [0, 0.05) is 0 Å². The number of nitrogens with one attached hydrogen (secondary N) is 1. The molecular weight excluding hydrogens is 751 g/mol. The highest BCUT2D eigenvalue weighted by Gasteiger charge is 2.50. The Hall–Kier alpha value is -0.570. The second kappa shape index (κ2) is 26.1. The van der Waals surface area contributed by atoms with E-state index in [1.165, 1.54) is 109 Å². The zero-order valence-electron chi connectivity index (χ0n) is 36.0. The lowest BCUT2D eigenvalue weighted by molar-refractivity contribution is -0.303. The second-order valence-corrected chi connectivity index (χ2v) is 19.4. The van der Waals surface area contributed by atoms with E-state index in [9.17, 15) is 43.8 Å². The number of aliphatic hydroxyl groups is 6. The second-order valence-electron chi connectivity index (χ2n) is 19.4. The SMILES string of the molecule is CCCCCCCCCCCCCC[C@@H](O)[C@@H](O)[C@H](COC1OC(CO)C(O)C(O)C1O)N[C@@H](CCCCCCCCCCC12CC3CC(CC(C3)C1)C2)C(F)(F)F. The molecule has 12 heteroatoms. The minimum absolute atomic E-state index is 0.202. The van der Waals surface area contributed by atoms with Gasteiger partial charge in [-0.1, -0.05) is 135 Å². The van der Waals surface area contributed by atoms with Crippen molar-refractivity contribution in [2.24, 2.45) is 23.2 Å². The number of hydrogen-bond donors (Lipinski definition) is 7. The maximum absolute atomic E-state index is 14.4. The lowest BCUT2D eigenvalue weighted by Crippen LogP contribution is -2.61. The van der Waals surface area contributed by atoms with E-state index >= 15 is 0 Å². The van der Waals surface area contributed by atoms with Crippen LogP contribution in [-0.4, -0.2) is 105 Å². The number of hydrogen-bond acceptors (Lipinski definition) is 9. The Balaban J connectivity index is 1.18. The zero-order valence-corrected chi connectivity index (χ0v) is 36.0. The highest BCUT2D eigenvalue weighted by Crippen LogP contribution is 2.61. The van der Waals surface area contributed by atoms with Crippen LogP contribution in [0.15, 0.2) is 0 Å².